The van der Waals surface area contributed by atoms with Crippen LogP contribution in [0.3, 0.4) is 0 Å². The Morgan fingerprint density at radius 2 is 2.16 bits per heavy atom. The van der Waals surface area contributed by atoms with Gasteiger partial charge < -0.3 is 10.6 Å². The van der Waals surface area contributed by atoms with Crippen molar-refractivity contribution in [2.45, 2.75) is 38.6 Å². The average molecular weight is 265 g/mol. The molecule has 0 aromatic heterocycles. The van der Waals surface area contributed by atoms with E-state index in [2.05, 4.69) is 21.5 Å². The van der Waals surface area contributed by atoms with Crippen LogP contribution in [0.25, 0.3) is 0 Å². The molecule has 0 bridgehead atoms. The lowest BCUT2D eigenvalue weighted by Crippen LogP contribution is -2.49. The molecule has 0 aromatic rings. The molecular formula is C15H27N3O. The summed E-state index contributed by atoms with van der Waals surface area (Å²) in [5, 5.41) is 6.22. The number of hydrogen-bond donors (Lipinski definition) is 2. The molecule has 1 amide bonds. The van der Waals surface area contributed by atoms with Crippen LogP contribution in [-0.2, 0) is 4.79 Å². The van der Waals surface area contributed by atoms with E-state index in [-0.39, 0.29) is 5.91 Å². The fourth-order valence-corrected chi connectivity index (χ4v) is 2.69. The molecular weight excluding hydrogens is 238 g/mol. The van der Waals surface area contributed by atoms with Crippen molar-refractivity contribution >= 4 is 5.91 Å². The minimum Gasteiger partial charge on any atom is -0.339 e. The van der Waals surface area contributed by atoms with Crippen molar-refractivity contribution in [1.29, 1.82) is 0 Å². The molecule has 1 aliphatic rings. The first kappa shape index (κ1) is 16.0. The lowest BCUT2D eigenvalue weighted by atomic mass is 9.94. The van der Waals surface area contributed by atoms with Gasteiger partial charge in [-0.25, -0.2) is 0 Å². The van der Waals surface area contributed by atoms with Gasteiger partial charge in [-0.3, -0.25) is 9.69 Å². The van der Waals surface area contributed by atoms with Crippen molar-refractivity contribution in [1.82, 2.24) is 15.5 Å². The van der Waals surface area contributed by atoms with Gasteiger partial charge in [0.1, 0.15) is 5.54 Å². The van der Waals surface area contributed by atoms with Crippen LogP contribution in [0.4, 0.5) is 0 Å². The molecule has 0 aliphatic carbocycles. The number of nitrogens with one attached hydrogen (secondary N) is 2. The first-order chi connectivity index (χ1) is 9.09. The number of terminal acetylenes is 1. The third kappa shape index (κ3) is 4.52. The van der Waals surface area contributed by atoms with Gasteiger partial charge in [-0.05, 0) is 45.3 Å². The molecule has 4 nitrogen and oxygen atoms in total. The minimum absolute atomic E-state index is 0.0479. The molecule has 1 atom stereocenters. The number of likely N-dealkylation sites (tertiary alicyclic amines) is 1. The lowest BCUT2D eigenvalue weighted by molar-refractivity contribution is -0.123. The zero-order valence-electron chi connectivity index (χ0n) is 12.5. The van der Waals surface area contributed by atoms with Gasteiger partial charge in [-0.2, -0.15) is 0 Å². The SMILES string of the molecule is C#CC(CC)(CC)NC(=O)CN1CCC(CNC)C1. The maximum absolute atomic E-state index is 12.1. The quantitative estimate of drug-likeness (QED) is 0.670. The Balaban J connectivity index is 2.42. The van der Waals surface area contributed by atoms with Crippen LogP contribution in [0.15, 0.2) is 0 Å². The number of hydrogen-bond acceptors (Lipinski definition) is 3. The van der Waals surface area contributed by atoms with E-state index in [1.165, 1.54) is 0 Å². The highest BCUT2D eigenvalue weighted by Crippen LogP contribution is 2.16. The summed E-state index contributed by atoms with van der Waals surface area (Å²) >= 11 is 0. The van der Waals surface area contributed by atoms with Crippen LogP contribution in [0.5, 0.6) is 0 Å². The third-order valence-corrected chi connectivity index (χ3v) is 4.09. The molecule has 0 aromatic carbocycles. The monoisotopic (exact) mass is 265 g/mol. The van der Waals surface area contributed by atoms with E-state index in [0.29, 0.717) is 12.5 Å². The van der Waals surface area contributed by atoms with Crippen molar-refractivity contribution in [3.63, 3.8) is 0 Å². The largest absolute Gasteiger partial charge is 0.339 e. The van der Waals surface area contributed by atoms with Crippen LogP contribution < -0.4 is 10.6 Å². The van der Waals surface area contributed by atoms with Gasteiger partial charge in [-0.1, -0.05) is 19.8 Å². The predicted molar refractivity (Wildman–Crippen MR) is 78.8 cm³/mol. The molecule has 108 valence electrons. The summed E-state index contributed by atoms with van der Waals surface area (Å²) in [7, 11) is 1.97. The first-order valence-corrected chi connectivity index (χ1v) is 7.24. The molecule has 0 radical (unpaired) electrons. The van der Waals surface area contributed by atoms with Crippen LogP contribution in [-0.4, -0.2) is 49.6 Å². The lowest BCUT2D eigenvalue weighted by Gasteiger charge is -2.28. The summed E-state index contributed by atoms with van der Waals surface area (Å²) in [5.74, 6) is 3.45. The maximum atomic E-state index is 12.1. The number of amides is 1. The predicted octanol–water partition coefficient (Wildman–Crippen LogP) is 0.836. The van der Waals surface area contributed by atoms with Gasteiger partial charge in [0.15, 0.2) is 0 Å². The summed E-state index contributed by atoms with van der Waals surface area (Å²) in [6, 6.07) is 0. The standard InChI is InChI=1S/C15H27N3O/c1-5-15(6-2,7-3)17-14(19)12-18-9-8-13(11-18)10-16-4/h1,13,16H,6-12H2,2-4H3,(H,17,19). The summed E-state index contributed by atoms with van der Waals surface area (Å²) in [5.41, 5.74) is -0.471. The topological polar surface area (TPSA) is 44.4 Å². The fourth-order valence-electron chi connectivity index (χ4n) is 2.69. The van der Waals surface area contributed by atoms with E-state index in [1.54, 1.807) is 0 Å². The van der Waals surface area contributed by atoms with Crippen LogP contribution in [0.1, 0.15) is 33.1 Å². The summed E-state index contributed by atoms with van der Waals surface area (Å²) in [4.78, 5) is 14.3. The van der Waals surface area contributed by atoms with E-state index in [1.807, 2.05) is 20.9 Å². The van der Waals surface area contributed by atoms with Crippen molar-refractivity contribution in [3.05, 3.63) is 0 Å². The zero-order chi connectivity index (χ0) is 14.3. The Labute approximate surface area is 117 Å². The second-order valence-electron chi connectivity index (χ2n) is 5.43. The molecule has 0 spiro atoms. The second kappa shape index (κ2) is 7.52. The fraction of sp³-hybridized carbons (Fsp3) is 0.800. The Kier molecular flexibility index (Phi) is 6.33. The first-order valence-electron chi connectivity index (χ1n) is 7.24. The summed E-state index contributed by atoms with van der Waals surface area (Å²) in [6.07, 6.45) is 8.27. The highest BCUT2D eigenvalue weighted by atomic mass is 16.2. The van der Waals surface area contributed by atoms with Crippen molar-refractivity contribution in [2.75, 3.05) is 33.2 Å². The zero-order valence-corrected chi connectivity index (χ0v) is 12.5. The molecule has 1 heterocycles. The van der Waals surface area contributed by atoms with Gasteiger partial charge >= 0.3 is 0 Å². The van der Waals surface area contributed by atoms with Crippen molar-refractivity contribution < 1.29 is 4.79 Å². The van der Waals surface area contributed by atoms with Crippen LogP contribution in [0, 0.1) is 18.3 Å². The molecule has 4 heteroatoms. The molecule has 1 saturated heterocycles. The summed E-state index contributed by atoms with van der Waals surface area (Å²) < 4.78 is 0. The number of rotatable bonds is 7. The van der Waals surface area contributed by atoms with E-state index in [4.69, 9.17) is 6.42 Å². The highest BCUT2D eigenvalue weighted by molar-refractivity contribution is 5.79. The van der Waals surface area contributed by atoms with E-state index >= 15 is 0 Å². The normalized spacial score (nSPS) is 20.2. The second-order valence-corrected chi connectivity index (χ2v) is 5.43. The van der Waals surface area contributed by atoms with Crippen LogP contribution >= 0.6 is 0 Å². The van der Waals surface area contributed by atoms with Gasteiger partial charge in [0.05, 0.1) is 6.54 Å². The summed E-state index contributed by atoms with van der Waals surface area (Å²) in [6.45, 7) is 7.52. The molecule has 1 aliphatic heterocycles. The smallest absolute Gasteiger partial charge is 0.235 e. The molecule has 1 rings (SSSR count). The van der Waals surface area contributed by atoms with Crippen LogP contribution in [0.2, 0.25) is 0 Å². The molecule has 19 heavy (non-hydrogen) atoms. The molecule has 1 fully saturated rings. The maximum Gasteiger partial charge on any atom is 0.235 e. The van der Waals surface area contributed by atoms with Crippen molar-refractivity contribution in [3.8, 4) is 12.3 Å². The highest BCUT2D eigenvalue weighted by Gasteiger charge is 2.28. The Bertz CT molecular complexity index is 331. The Morgan fingerprint density at radius 3 is 2.68 bits per heavy atom. The van der Waals surface area contributed by atoms with E-state index in [9.17, 15) is 4.79 Å². The number of nitrogens with zero attached hydrogens (tertiary/aromatic N) is 1. The number of carbonyl (C=O) groups excluding carboxylic acids is 1. The van der Waals surface area contributed by atoms with Gasteiger partial charge in [-0.15, -0.1) is 6.42 Å². The molecule has 0 saturated carbocycles. The van der Waals surface area contributed by atoms with E-state index < -0.39 is 5.54 Å². The van der Waals surface area contributed by atoms with Gasteiger partial charge in [0.25, 0.3) is 0 Å². The Morgan fingerprint density at radius 1 is 1.47 bits per heavy atom. The van der Waals surface area contributed by atoms with Crippen molar-refractivity contribution in [2.24, 2.45) is 5.92 Å². The Hall–Kier alpha value is -1.05. The molecule has 2 N–H and O–H groups in total. The molecule has 1 unspecified atom stereocenters. The third-order valence-electron chi connectivity index (χ3n) is 4.09. The van der Waals surface area contributed by atoms with Gasteiger partial charge in [0.2, 0.25) is 5.91 Å². The number of carbonyl (C=O) groups is 1. The minimum atomic E-state index is -0.471. The average Bonchev–Trinajstić information content (AvgIpc) is 2.84. The van der Waals surface area contributed by atoms with Gasteiger partial charge in [0, 0.05) is 6.54 Å². The van der Waals surface area contributed by atoms with E-state index in [0.717, 1.165) is 38.9 Å².